The summed E-state index contributed by atoms with van der Waals surface area (Å²) in [5, 5.41) is 0. The summed E-state index contributed by atoms with van der Waals surface area (Å²) in [7, 11) is 0. The van der Waals surface area contributed by atoms with Gasteiger partial charge < -0.3 is 9.55 Å². The van der Waals surface area contributed by atoms with Crippen molar-refractivity contribution < 1.29 is 0 Å². The lowest BCUT2D eigenvalue weighted by Crippen LogP contribution is -2.03. The maximum Gasteiger partial charge on any atom is 0.178 e. The number of hydrogen-bond donors (Lipinski definition) is 1. The van der Waals surface area contributed by atoms with E-state index in [0.29, 0.717) is 0 Å². The zero-order valence-corrected chi connectivity index (χ0v) is 11.6. The molecule has 4 heteroatoms. The third-order valence-corrected chi connectivity index (χ3v) is 3.63. The maximum atomic E-state index is 5.41. The number of pyridine rings is 1. The Bertz CT molecular complexity index is 756. The van der Waals surface area contributed by atoms with Crippen LogP contribution in [-0.4, -0.2) is 14.5 Å². The molecule has 2 aromatic heterocycles. The molecule has 0 aliphatic heterocycles. The highest BCUT2D eigenvalue weighted by Gasteiger charge is 2.06. The van der Waals surface area contributed by atoms with Gasteiger partial charge in [-0.1, -0.05) is 18.2 Å². The van der Waals surface area contributed by atoms with Gasteiger partial charge in [0.1, 0.15) is 0 Å². The van der Waals surface area contributed by atoms with E-state index in [-0.39, 0.29) is 0 Å². The van der Waals surface area contributed by atoms with Crippen molar-refractivity contribution in [3.8, 4) is 0 Å². The molecule has 1 aromatic carbocycles. The summed E-state index contributed by atoms with van der Waals surface area (Å²) in [4.78, 5) is 7.61. The van der Waals surface area contributed by atoms with E-state index in [0.717, 1.165) is 28.9 Å². The fraction of sp³-hybridized carbons (Fsp3) is 0.200. The van der Waals surface area contributed by atoms with Crippen LogP contribution in [0.5, 0.6) is 0 Å². The number of rotatable bonds is 3. The zero-order chi connectivity index (χ0) is 13.2. The van der Waals surface area contributed by atoms with Crippen molar-refractivity contribution >= 4 is 23.3 Å². The molecule has 19 heavy (non-hydrogen) atoms. The van der Waals surface area contributed by atoms with Crippen molar-refractivity contribution in [3.63, 3.8) is 0 Å². The van der Waals surface area contributed by atoms with Gasteiger partial charge in [0.05, 0.1) is 11.0 Å². The predicted molar refractivity (Wildman–Crippen MR) is 79.8 cm³/mol. The van der Waals surface area contributed by atoms with E-state index in [1.807, 2.05) is 30.5 Å². The van der Waals surface area contributed by atoms with Crippen molar-refractivity contribution in [1.82, 2.24) is 14.5 Å². The van der Waals surface area contributed by atoms with Gasteiger partial charge in [-0.2, -0.15) is 0 Å². The molecule has 0 atom stereocenters. The van der Waals surface area contributed by atoms with E-state index in [1.165, 1.54) is 11.1 Å². The molecule has 3 nitrogen and oxygen atoms in total. The first-order valence-electron chi connectivity index (χ1n) is 6.34. The Morgan fingerprint density at radius 3 is 2.89 bits per heavy atom. The molecule has 0 radical (unpaired) electrons. The number of nitrogens with zero attached hydrogens (tertiary/aromatic N) is 2. The number of nitrogens with one attached hydrogen (secondary N) is 1. The highest BCUT2D eigenvalue weighted by Crippen LogP contribution is 2.18. The Morgan fingerprint density at radius 2 is 2.11 bits per heavy atom. The molecule has 0 amide bonds. The van der Waals surface area contributed by atoms with Gasteiger partial charge in [-0.05, 0) is 42.9 Å². The molecule has 0 saturated heterocycles. The molecule has 2 heterocycles. The number of aromatic amines is 1. The Hall–Kier alpha value is -1.94. The highest BCUT2D eigenvalue weighted by molar-refractivity contribution is 7.71. The van der Waals surface area contributed by atoms with Crippen LogP contribution in [-0.2, 0) is 13.0 Å². The first-order chi connectivity index (χ1) is 9.25. The molecular weight excluding hydrogens is 254 g/mol. The summed E-state index contributed by atoms with van der Waals surface area (Å²) >= 11 is 5.41. The second-order valence-corrected chi connectivity index (χ2v) is 5.01. The van der Waals surface area contributed by atoms with Crippen molar-refractivity contribution in [2.45, 2.75) is 19.9 Å². The van der Waals surface area contributed by atoms with Gasteiger partial charge in [-0.15, -0.1) is 0 Å². The monoisotopic (exact) mass is 269 g/mol. The number of hydrogen-bond acceptors (Lipinski definition) is 2. The summed E-state index contributed by atoms with van der Waals surface area (Å²) in [5.74, 6) is 0. The lowest BCUT2D eigenvalue weighted by atomic mass is 10.2. The minimum Gasteiger partial charge on any atom is -0.331 e. The lowest BCUT2D eigenvalue weighted by Gasteiger charge is -2.06. The molecule has 0 aliphatic carbocycles. The molecule has 1 N–H and O–H groups in total. The Morgan fingerprint density at radius 1 is 1.21 bits per heavy atom. The van der Waals surface area contributed by atoms with Crippen molar-refractivity contribution in [2.75, 3.05) is 0 Å². The van der Waals surface area contributed by atoms with Gasteiger partial charge in [0, 0.05) is 24.9 Å². The maximum absolute atomic E-state index is 5.41. The number of aryl methyl sites for hydroxylation is 3. The van der Waals surface area contributed by atoms with E-state index in [1.54, 1.807) is 0 Å². The van der Waals surface area contributed by atoms with Crippen LogP contribution < -0.4 is 0 Å². The number of aromatic nitrogens is 3. The zero-order valence-electron chi connectivity index (χ0n) is 10.8. The van der Waals surface area contributed by atoms with E-state index >= 15 is 0 Å². The summed E-state index contributed by atoms with van der Waals surface area (Å²) in [6, 6.07) is 12.2. The van der Waals surface area contributed by atoms with Gasteiger partial charge >= 0.3 is 0 Å². The van der Waals surface area contributed by atoms with Gasteiger partial charge in [-0.3, -0.25) is 4.98 Å². The van der Waals surface area contributed by atoms with Crippen LogP contribution in [0.1, 0.15) is 11.3 Å². The minimum atomic E-state index is 0.778. The third kappa shape index (κ3) is 2.31. The largest absolute Gasteiger partial charge is 0.331 e. The summed E-state index contributed by atoms with van der Waals surface area (Å²) in [6.45, 7) is 2.96. The Balaban J connectivity index is 1.97. The summed E-state index contributed by atoms with van der Waals surface area (Å²) in [5.41, 5.74) is 4.63. The van der Waals surface area contributed by atoms with Crippen LogP contribution in [0.25, 0.3) is 11.0 Å². The number of benzene rings is 1. The van der Waals surface area contributed by atoms with Crippen LogP contribution in [0.15, 0.2) is 42.6 Å². The minimum absolute atomic E-state index is 0.778. The van der Waals surface area contributed by atoms with Crippen LogP contribution in [0, 0.1) is 11.7 Å². The second-order valence-electron chi connectivity index (χ2n) is 4.62. The molecule has 0 bridgehead atoms. The second kappa shape index (κ2) is 4.97. The molecular formula is C15H15N3S. The lowest BCUT2D eigenvalue weighted by molar-refractivity contribution is 0.694. The summed E-state index contributed by atoms with van der Waals surface area (Å²) in [6.07, 6.45) is 2.71. The number of para-hydroxylation sites is 1. The molecule has 0 saturated carbocycles. The Labute approximate surface area is 116 Å². The van der Waals surface area contributed by atoms with Gasteiger partial charge in [0.15, 0.2) is 4.77 Å². The first kappa shape index (κ1) is 12.1. The van der Waals surface area contributed by atoms with Crippen LogP contribution in [0.3, 0.4) is 0 Å². The Kier molecular flexibility index (Phi) is 3.17. The van der Waals surface area contributed by atoms with E-state index in [2.05, 4.69) is 33.6 Å². The molecule has 0 spiro atoms. The van der Waals surface area contributed by atoms with Gasteiger partial charge in [-0.25, -0.2) is 0 Å². The van der Waals surface area contributed by atoms with Gasteiger partial charge in [0.2, 0.25) is 0 Å². The molecule has 3 aromatic rings. The standard InChI is InChI=1S/C15H15N3S/c1-11-5-4-7-13-14(11)18(15(19)17-13)10-8-12-6-2-3-9-16-12/h2-7,9H,8,10H2,1H3,(H,17,19). The van der Waals surface area contributed by atoms with Crippen molar-refractivity contribution in [1.29, 1.82) is 0 Å². The van der Waals surface area contributed by atoms with Crippen LogP contribution in [0.2, 0.25) is 0 Å². The van der Waals surface area contributed by atoms with E-state index in [9.17, 15) is 0 Å². The molecule has 0 unspecified atom stereocenters. The molecule has 96 valence electrons. The van der Waals surface area contributed by atoms with Gasteiger partial charge in [0.25, 0.3) is 0 Å². The molecule has 3 rings (SSSR count). The average molecular weight is 269 g/mol. The topological polar surface area (TPSA) is 33.6 Å². The SMILES string of the molecule is Cc1cccc2[nH]c(=S)n(CCc3ccccn3)c12. The third-order valence-electron chi connectivity index (χ3n) is 3.31. The normalized spacial score (nSPS) is 11.0. The first-order valence-corrected chi connectivity index (χ1v) is 6.74. The van der Waals surface area contributed by atoms with E-state index < -0.39 is 0 Å². The van der Waals surface area contributed by atoms with Crippen molar-refractivity contribution in [2.24, 2.45) is 0 Å². The molecule has 0 aliphatic rings. The quantitative estimate of drug-likeness (QED) is 0.736. The number of fused-ring (bicyclic) bond motifs is 1. The molecule has 0 fully saturated rings. The fourth-order valence-electron chi connectivity index (χ4n) is 2.39. The van der Waals surface area contributed by atoms with Crippen LogP contribution >= 0.6 is 12.2 Å². The van der Waals surface area contributed by atoms with E-state index in [4.69, 9.17) is 12.2 Å². The average Bonchev–Trinajstić information content (AvgIpc) is 2.75. The van der Waals surface area contributed by atoms with Crippen LogP contribution in [0.4, 0.5) is 0 Å². The highest BCUT2D eigenvalue weighted by atomic mass is 32.1. The van der Waals surface area contributed by atoms with Crippen molar-refractivity contribution in [3.05, 3.63) is 58.6 Å². The number of H-pyrrole nitrogens is 1. The number of imidazole rings is 1. The summed E-state index contributed by atoms with van der Waals surface area (Å²) < 4.78 is 2.94. The predicted octanol–water partition coefficient (Wildman–Crippen LogP) is 3.65. The fourth-order valence-corrected chi connectivity index (χ4v) is 2.68. The smallest absolute Gasteiger partial charge is 0.178 e.